The molecule has 0 aliphatic carbocycles. The molecule has 96 valence electrons. The van der Waals surface area contributed by atoms with Crippen molar-refractivity contribution >= 4 is 0 Å². The Morgan fingerprint density at radius 3 is 2.44 bits per heavy atom. The minimum Gasteiger partial charge on any atom is -0.472 e. The van der Waals surface area contributed by atoms with Gasteiger partial charge in [-0.3, -0.25) is 0 Å². The summed E-state index contributed by atoms with van der Waals surface area (Å²) in [6, 6.07) is 7.55. The predicted molar refractivity (Wildman–Crippen MR) is 69.8 cm³/mol. The van der Waals surface area contributed by atoms with E-state index >= 15 is 0 Å². The highest BCUT2D eigenvalue weighted by Crippen LogP contribution is 2.21. The van der Waals surface area contributed by atoms with Crippen LogP contribution in [0.1, 0.15) is 42.6 Å². The molecule has 0 saturated heterocycles. The average molecular weight is 247 g/mol. The second-order valence-electron chi connectivity index (χ2n) is 4.68. The minimum absolute atomic E-state index is 0.0880. The van der Waals surface area contributed by atoms with Crippen molar-refractivity contribution < 1.29 is 8.81 Å². The topological polar surface area (TPSA) is 25.2 Å². The van der Waals surface area contributed by atoms with Gasteiger partial charge in [-0.2, -0.15) is 0 Å². The zero-order chi connectivity index (χ0) is 13.1. The van der Waals surface area contributed by atoms with Crippen LogP contribution in [0, 0.1) is 12.7 Å². The lowest BCUT2D eigenvalue weighted by molar-refractivity contribution is 0.483. The Bertz CT molecular complexity index is 507. The Labute approximate surface area is 107 Å². The number of hydrogen-bond acceptors (Lipinski definition) is 2. The van der Waals surface area contributed by atoms with Crippen LogP contribution in [0.4, 0.5) is 4.39 Å². The molecule has 3 heteroatoms. The first kappa shape index (κ1) is 12.8. The first-order valence-electron chi connectivity index (χ1n) is 6.12. The summed E-state index contributed by atoms with van der Waals surface area (Å²) in [5.41, 5.74) is 2.72. The van der Waals surface area contributed by atoms with Gasteiger partial charge in [-0.25, -0.2) is 4.39 Å². The Morgan fingerprint density at radius 2 is 1.83 bits per heavy atom. The first-order valence-corrected chi connectivity index (χ1v) is 6.12. The fourth-order valence-electron chi connectivity index (χ4n) is 1.97. The molecule has 0 bridgehead atoms. The molecule has 1 N–H and O–H groups in total. The molecule has 18 heavy (non-hydrogen) atoms. The maximum Gasteiger partial charge on any atom is 0.126 e. The molecule has 0 saturated carbocycles. The van der Waals surface area contributed by atoms with Crippen molar-refractivity contribution in [3.8, 4) is 0 Å². The number of halogens is 1. The molecular formula is C15H18FNO. The third-order valence-electron chi connectivity index (χ3n) is 3.24. The van der Waals surface area contributed by atoms with E-state index in [0.717, 1.165) is 11.1 Å². The van der Waals surface area contributed by atoms with E-state index < -0.39 is 0 Å². The lowest BCUT2D eigenvalue weighted by Crippen LogP contribution is -2.22. The molecule has 2 rings (SSSR count). The maximum atomic E-state index is 13.5. The van der Waals surface area contributed by atoms with E-state index in [1.165, 1.54) is 0 Å². The van der Waals surface area contributed by atoms with Gasteiger partial charge in [0, 0.05) is 17.6 Å². The molecule has 1 aromatic heterocycles. The molecule has 2 nitrogen and oxygen atoms in total. The van der Waals surface area contributed by atoms with Crippen molar-refractivity contribution in [2.45, 2.75) is 32.9 Å². The quantitative estimate of drug-likeness (QED) is 0.878. The van der Waals surface area contributed by atoms with Crippen LogP contribution in [0.2, 0.25) is 0 Å². The van der Waals surface area contributed by atoms with E-state index in [-0.39, 0.29) is 17.9 Å². The van der Waals surface area contributed by atoms with Crippen LogP contribution in [-0.2, 0) is 0 Å². The lowest BCUT2D eigenvalue weighted by Gasteiger charge is -2.19. The van der Waals surface area contributed by atoms with Crippen LogP contribution in [0.25, 0.3) is 0 Å². The molecule has 0 fully saturated rings. The number of benzene rings is 1. The van der Waals surface area contributed by atoms with E-state index in [9.17, 15) is 4.39 Å². The molecule has 0 amide bonds. The Kier molecular flexibility index (Phi) is 3.82. The van der Waals surface area contributed by atoms with Crippen molar-refractivity contribution in [1.82, 2.24) is 5.32 Å². The van der Waals surface area contributed by atoms with Crippen molar-refractivity contribution in [1.29, 1.82) is 0 Å². The summed E-state index contributed by atoms with van der Waals surface area (Å²) < 4.78 is 18.6. The molecule has 0 aliphatic heterocycles. The van der Waals surface area contributed by atoms with Crippen molar-refractivity contribution in [2.75, 3.05) is 0 Å². The van der Waals surface area contributed by atoms with Crippen molar-refractivity contribution in [2.24, 2.45) is 0 Å². The van der Waals surface area contributed by atoms with Crippen LogP contribution < -0.4 is 5.32 Å². The minimum atomic E-state index is -0.155. The van der Waals surface area contributed by atoms with Crippen LogP contribution in [0.5, 0.6) is 0 Å². The van der Waals surface area contributed by atoms with Crippen LogP contribution in [0.3, 0.4) is 0 Å². The van der Waals surface area contributed by atoms with E-state index in [2.05, 4.69) is 12.2 Å². The molecule has 0 spiro atoms. The molecule has 0 aliphatic rings. The summed E-state index contributed by atoms with van der Waals surface area (Å²) in [5.74, 6) is -0.155. The Balaban J connectivity index is 2.07. The number of furan rings is 1. The number of aryl methyl sites for hydroxylation is 1. The molecule has 2 atom stereocenters. The fraction of sp³-hybridized carbons (Fsp3) is 0.333. The van der Waals surface area contributed by atoms with Crippen LogP contribution in [0.15, 0.2) is 41.2 Å². The van der Waals surface area contributed by atoms with Gasteiger partial charge in [-0.05, 0) is 44.0 Å². The fourth-order valence-corrected chi connectivity index (χ4v) is 1.97. The van der Waals surface area contributed by atoms with Gasteiger partial charge in [0.25, 0.3) is 0 Å². The van der Waals surface area contributed by atoms with E-state index in [1.54, 1.807) is 25.5 Å². The van der Waals surface area contributed by atoms with Gasteiger partial charge in [0.15, 0.2) is 0 Å². The molecule has 2 aromatic rings. The van der Waals surface area contributed by atoms with Gasteiger partial charge in [0.1, 0.15) is 5.82 Å². The summed E-state index contributed by atoms with van der Waals surface area (Å²) in [7, 11) is 0. The SMILES string of the molecule is Cc1ccc(C(C)NC(C)c2ccoc2)cc1F. The molecule has 2 unspecified atom stereocenters. The maximum absolute atomic E-state index is 13.5. The molecule has 1 aromatic carbocycles. The number of nitrogens with one attached hydrogen (secondary N) is 1. The molecular weight excluding hydrogens is 229 g/mol. The third-order valence-corrected chi connectivity index (χ3v) is 3.24. The highest BCUT2D eigenvalue weighted by Gasteiger charge is 2.12. The summed E-state index contributed by atoms with van der Waals surface area (Å²) in [5, 5.41) is 3.42. The number of hydrogen-bond donors (Lipinski definition) is 1. The van der Waals surface area contributed by atoms with E-state index in [0.29, 0.717) is 5.56 Å². The van der Waals surface area contributed by atoms with Crippen LogP contribution in [-0.4, -0.2) is 0 Å². The monoisotopic (exact) mass is 247 g/mol. The van der Waals surface area contributed by atoms with E-state index in [1.807, 2.05) is 25.1 Å². The van der Waals surface area contributed by atoms with Gasteiger partial charge in [-0.15, -0.1) is 0 Å². The van der Waals surface area contributed by atoms with Gasteiger partial charge >= 0.3 is 0 Å². The lowest BCUT2D eigenvalue weighted by atomic mass is 10.0. The summed E-state index contributed by atoms with van der Waals surface area (Å²) >= 11 is 0. The molecule has 1 heterocycles. The zero-order valence-corrected chi connectivity index (χ0v) is 10.9. The zero-order valence-electron chi connectivity index (χ0n) is 10.9. The summed E-state index contributed by atoms with van der Waals surface area (Å²) in [4.78, 5) is 0. The smallest absolute Gasteiger partial charge is 0.126 e. The van der Waals surface area contributed by atoms with Crippen molar-refractivity contribution in [3.05, 3.63) is 59.3 Å². The average Bonchev–Trinajstić information content (AvgIpc) is 2.86. The van der Waals surface area contributed by atoms with Gasteiger partial charge in [0.2, 0.25) is 0 Å². The Hall–Kier alpha value is -1.61. The number of rotatable bonds is 4. The second kappa shape index (κ2) is 5.36. The van der Waals surface area contributed by atoms with Gasteiger partial charge < -0.3 is 9.73 Å². The van der Waals surface area contributed by atoms with Gasteiger partial charge in [0.05, 0.1) is 12.5 Å². The predicted octanol–water partition coefficient (Wildman–Crippen LogP) is 4.14. The standard InChI is InChI=1S/C15H18FNO/c1-10-4-5-13(8-15(10)16)11(2)17-12(3)14-6-7-18-9-14/h4-9,11-12,17H,1-3H3. The first-order chi connectivity index (χ1) is 8.58. The normalized spacial score (nSPS) is 14.4. The summed E-state index contributed by atoms with van der Waals surface area (Å²) in [6.45, 7) is 5.86. The third kappa shape index (κ3) is 2.79. The molecule has 0 radical (unpaired) electrons. The van der Waals surface area contributed by atoms with Crippen molar-refractivity contribution in [3.63, 3.8) is 0 Å². The van der Waals surface area contributed by atoms with Gasteiger partial charge in [-0.1, -0.05) is 12.1 Å². The second-order valence-corrected chi connectivity index (χ2v) is 4.68. The highest BCUT2D eigenvalue weighted by molar-refractivity contribution is 5.26. The summed E-state index contributed by atoms with van der Waals surface area (Å²) in [6.07, 6.45) is 3.38. The highest BCUT2D eigenvalue weighted by atomic mass is 19.1. The van der Waals surface area contributed by atoms with Crippen LogP contribution >= 0.6 is 0 Å². The largest absolute Gasteiger partial charge is 0.472 e. The van der Waals surface area contributed by atoms with E-state index in [4.69, 9.17) is 4.42 Å². The Morgan fingerprint density at radius 1 is 1.11 bits per heavy atom.